The molecule has 0 bridgehead atoms. The molecule has 0 atom stereocenters. The quantitative estimate of drug-likeness (QED) is 0.822. The molecular weight excluding hydrogens is 222 g/mol. The van der Waals surface area contributed by atoms with Crippen molar-refractivity contribution in [1.82, 2.24) is 4.98 Å². The Labute approximate surface area is 100.0 Å². The minimum atomic E-state index is 0.400. The normalized spacial score (nSPS) is 16.9. The molecule has 88 valence electrons. The summed E-state index contributed by atoms with van der Waals surface area (Å²) in [6, 6.07) is 3.58. The molecule has 1 aromatic rings. The van der Waals surface area contributed by atoms with Crippen LogP contribution >= 0.6 is 11.8 Å². The first-order valence-electron chi connectivity index (χ1n) is 5.29. The first-order chi connectivity index (χ1) is 7.69. The van der Waals surface area contributed by atoms with Gasteiger partial charge in [-0.05, 0) is 25.2 Å². The van der Waals surface area contributed by atoms with Gasteiger partial charge in [0, 0.05) is 17.4 Å². The molecule has 0 radical (unpaired) electrons. The first-order valence-corrected chi connectivity index (χ1v) is 6.51. The van der Waals surface area contributed by atoms with E-state index in [-0.39, 0.29) is 0 Å². The van der Waals surface area contributed by atoms with Crippen LogP contribution in [0.5, 0.6) is 5.88 Å². The van der Waals surface area contributed by atoms with E-state index in [2.05, 4.69) is 16.6 Å². The number of aromatic nitrogens is 1. The zero-order valence-electron chi connectivity index (χ0n) is 9.62. The van der Waals surface area contributed by atoms with Crippen LogP contribution in [0.2, 0.25) is 0 Å². The average Bonchev–Trinajstić information content (AvgIpc) is 3.09. The Balaban J connectivity index is 2.03. The summed E-state index contributed by atoms with van der Waals surface area (Å²) in [5.41, 5.74) is 6.51. The van der Waals surface area contributed by atoms with Gasteiger partial charge in [0.05, 0.1) is 12.8 Å². The van der Waals surface area contributed by atoms with Crippen molar-refractivity contribution < 1.29 is 4.74 Å². The van der Waals surface area contributed by atoms with Gasteiger partial charge < -0.3 is 15.8 Å². The van der Waals surface area contributed by atoms with Gasteiger partial charge >= 0.3 is 0 Å². The van der Waals surface area contributed by atoms with Crippen molar-refractivity contribution in [2.24, 2.45) is 0 Å². The molecule has 1 fully saturated rings. The van der Waals surface area contributed by atoms with E-state index in [0.29, 0.717) is 16.3 Å². The summed E-state index contributed by atoms with van der Waals surface area (Å²) in [7, 11) is 1.60. The number of hydrogen-bond donors (Lipinski definition) is 2. The number of anilines is 2. The SMILES string of the molecule is COc1ccc(N)c(NCC2(SC)CC2)n1. The van der Waals surface area contributed by atoms with Crippen LogP contribution in [-0.2, 0) is 0 Å². The van der Waals surface area contributed by atoms with Crippen molar-refractivity contribution in [3.05, 3.63) is 12.1 Å². The molecule has 5 heteroatoms. The molecule has 2 rings (SSSR count). The molecule has 0 spiro atoms. The van der Waals surface area contributed by atoms with Crippen LogP contribution in [0, 0.1) is 0 Å². The number of pyridine rings is 1. The highest BCUT2D eigenvalue weighted by Crippen LogP contribution is 2.47. The third-order valence-corrected chi connectivity index (χ3v) is 4.35. The maximum Gasteiger partial charge on any atom is 0.215 e. The maximum absolute atomic E-state index is 5.85. The lowest BCUT2D eigenvalue weighted by atomic mass is 10.3. The van der Waals surface area contributed by atoms with E-state index in [1.54, 1.807) is 13.2 Å². The number of nitrogen functional groups attached to an aromatic ring is 1. The van der Waals surface area contributed by atoms with Crippen LogP contribution in [0.1, 0.15) is 12.8 Å². The van der Waals surface area contributed by atoms with Gasteiger partial charge in [-0.1, -0.05) is 0 Å². The summed E-state index contributed by atoms with van der Waals surface area (Å²) in [6.45, 7) is 0.915. The van der Waals surface area contributed by atoms with E-state index >= 15 is 0 Å². The molecule has 16 heavy (non-hydrogen) atoms. The number of methoxy groups -OCH3 is 1. The second-order valence-electron chi connectivity index (χ2n) is 4.03. The Morgan fingerprint density at radius 1 is 1.56 bits per heavy atom. The highest BCUT2D eigenvalue weighted by Gasteiger charge is 2.41. The number of nitrogens with two attached hydrogens (primary N) is 1. The minimum absolute atomic E-state index is 0.400. The van der Waals surface area contributed by atoms with Gasteiger partial charge in [-0.15, -0.1) is 0 Å². The molecule has 0 saturated heterocycles. The molecule has 0 unspecified atom stereocenters. The number of hydrogen-bond acceptors (Lipinski definition) is 5. The molecule has 1 aliphatic carbocycles. The van der Waals surface area contributed by atoms with Crippen molar-refractivity contribution in [1.29, 1.82) is 0 Å². The van der Waals surface area contributed by atoms with Gasteiger partial charge in [0.25, 0.3) is 0 Å². The summed E-state index contributed by atoms with van der Waals surface area (Å²) in [5.74, 6) is 1.31. The van der Waals surface area contributed by atoms with Gasteiger partial charge in [0.1, 0.15) is 0 Å². The van der Waals surface area contributed by atoms with E-state index in [9.17, 15) is 0 Å². The second kappa shape index (κ2) is 4.41. The van der Waals surface area contributed by atoms with Crippen molar-refractivity contribution >= 4 is 23.3 Å². The lowest BCUT2D eigenvalue weighted by Crippen LogP contribution is -2.18. The topological polar surface area (TPSA) is 60.2 Å². The number of rotatable bonds is 5. The van der Waals surface area contributed by atoms with Gasteiger partial charge in [-0.25, -0.2) is 0 Å². The zero-order chi connectivity index (χ0) is 11.6. The molecule has 3 N–H and O–H groups in total. The lowest BCUT2D eigenvalue weighted by Gasteiger charge is -2.15. The summed E-state index contributed by atoms with van der Waals surface area (Å²) in [6.07, 6.45) is 4.69. The largest absolute Gasteiger partial charge is 0.481 e. The van der Waals surface area contributed by atoms with Crippen LogP contribution in [0.25, 0.3) is 0 Å². The fourth-order valence-electron chi connectivity index (χ4n) is 1.54. The Hall–Kier alpha value is -1.10. The summed E-state index contributed by atoms with van der Waals surface area (Å²) >= 11 is 1.91. The summed E-state index contributed by atoms with van der Waals surface area (Å²) in [5, 5.41) is 3.30. The monoisotopic (exact) mass is 239 g/mol. The smallest absolute Gasteiger partial charge is 0.215 e. The van der Waals surface area contributed by atoms with Crippen LogP contribution in [0.4, 0.5) is 11.5 Å². The van der Waals surface area contributed by atoms with E-state index in [1.807, 2.05) is 17.8 Å². The molecule has 1 saturated carbocycles. The van der Waals surface area contributed by atoms with E-state index in [0.717, 1.165) is 12.4 Å². The zero-order valence-corrected chi connectivity index (χ0v) is 10.4. The fraction of sp³-hybridized carbons (Fsp3) is 0.545. The molecule has 1 aromatic heterocycles. The highest BCUT2D eigenvalue weighted by molar-refractivity contribution is 8.00. The molecule has 4 nitrogen and oxygen atoms in total. The predicted octanol–water partition coefficient (Wildman–Crippen LogP) is 1.98. The van der Waals surface area contributed by atoms with Crippen LogP contribution in [0.15, 0.2) is 12.1 Å². The predicted molar refractivity (Wildman–Crippen MR) is 69.2 cm³/mol. The van der Waals surface area contributed by atoms with Gasteiger partial charge in [-0.3, -0.25) is 0 Å². The molecule has 0 amide bonds. The Kier molecular flexibility index (Phi) is 3.14. The summed E-state index contributed by atoms with van der Waals surface area (Å²) < 4.78 is 5.47. The standard InChI is InChI=1S/C11H17N3OS/c1-15-9-4-3-8(12)10(14-9)13-7-11(16-2)5-6-11/h3-4H,5-7,12H2,1-2H3,(H,13,14). The molecule has 1 aliphatic rings. The minimum Gasteiger partial charge on any atom is -0.481 e. The Bertz CT molecular complexity index is 379. The Morgan fingerprint density at radius 2 is 2.31 bits per heavy atom. The summed E-state index contributed by atoms with van der Waals surface area (Å²) in [4.78, 5) is 4.29. The van der Waals surface area contributed by atoms with Gasteiger partial charge in [-0.2, -0.15) is 16.7 Å². The lowest BCUT2D eigenvalue weighted by molar-refractivity contribution is 0.398. The number of nitrogens with zero attached hydrogens (tertiary/aromatic N) is 1. The van der Waals surface area contributed by atoms with Crippen molar-refractivity contribution in [3.8, 4) is 5.88 Å². The van der Waals surface area contributed by atoms with Crippen molar-refractivity contribution in [3.63, 3.8) is 0 Å². The van der Waals surface area contributed by atoms with Crippen molar-refractivity contribution in [2.75, 3.05) is 31.0 Å². The van der Waals surface area contributed by atoms with E-state index < -0.39 is 0 Å². The molecular formula is C11H17N3OS. The number of ether oxygens (including phenoxy) is 1. The molecule has 0 aliphatic heterocycles. The van der Waals surface area contributed by atoms with Crippen LogP contribution in [0.3, 0.4) is 0 Å². The first kappa shape index (κ1) is 11.4. The van der Waals surface area contributed by atoms with Crippen molar-refractivity contribution in [2.45, 2.75) is 17.6 Å². The van der Waals surface area contributed by atoms with E-state index in [4.69, 9.17) is 10.5 Å². The highest BCUT2D eigenvalue weighted by atomic mass is 32.2. The maximum atomic E-state index is 5.85. The average molecular weight is 239 g/mol. The number of nitrogens with one attached hydrogen (secondary N) is 1. The second-order valence-corrected chi connectivity index (χ2v) is 5.31. The van der Waals surface area contributed by atoms with Gasteiger partial charge in [0.2, 0.25) is 5.88 Å². The van der Waals surface area contributed by atoms with Crippen LogP contribution in [-0.4, -0.2) is 29.6 Å². The molecule has 0 aromatic carbocycles. The fourth-order valence-corrected chi connectivity index (χ4v) is 2.27. The molecule has 1 heterocycles. The number of thioether (sulfide) groups is 1. The van der Waals surface area contributed by atoms with E-state index in [1.165, 1.54) is 12.8 Å². The third kappa shape index (κ3) is 2.35. The Morgan fingerprint density at radius 3 is 2.88 bits per heavy atom. The van der Waals surface area contributed by atoms with Gasteiger partial charge in [0.15, 0.2) is 5.82 Å². The third-order valence-electron chi connectivity index (χ3n) is 2.93. The van der Waals surface area contributed by atoms with Crippen LogP contribution < -0.4 is 15.8 Å².